The molecule has 2 aliphatic carbocycles. The van der Waals surface area contributed by atoms with Crippen molar-refractivity contribution in [2.45, 2.75) is 44.2 Å². The van der Waals surface area contributed by atoms with Crippen LogP contribution in [0.5, 0.6) is 0 Å². The fourth-order valence-corrected chi connectivity index (χ4v) is 7.46. The summed E-state index contributed by atoms with van der Waals surface area (Å²) >= 11 is 0. The van der Waals surface area contributed by atoms with E-state index in [1.165, 1.54) is 47.2 Å². The van der Waals surface area contributed by atoms with Gasteiger partial charge in [0.2, 0.25) is 0 Å². The van der Waals surface area contributed by atoms with Crippen LogP contribution in [0.1, 0.15) is 63.8 Å². The summed E-state index contributed by atoms with van der Waals surface area (Å²) in [4.78, 5) is 15.6. The Balaban J connectivity index is 1.23. The zero-order valence-electron chi connectivity index (χ0n) is 18.9. The quantitative estimate of drug-likeness (QED) is 0.522. The maximum Gasteiger partial charge on any atom is 0.254 e. The maximum atomic E-state index is 13.5. The van der Waals surface area contributed by atoms with Crippen LogP contribution in [0.2, 0.25) is 0 Å². The largest absolute Gasteiger partial charge is 0.378 e. The minimum absolute atomic E-state index is 0.178. The first-order chi connectivity index (χ1) is 16.3. The summed E-state index contributed by atoms with van der Waals surface area (Å²) in [5.74, 6) is 2.94. The number of anilines is 1. The van der Waals surface area contributed by atoms with E-state index in [1.54, 1.807) is 0 Å². The summed E-state index contributed by atoms with van der Waals surface area (Å²) in [5.41, 5.74) is 7.55. The molecular formula is C30H30N2O. The third-order valence-corrected chi connectivity index (χ3v) is 8.91. The number of carbonyl (C=O) groups excluding carboxylic acids is 1. The molecule has 2 heterocycles. The van der Waals surface area contributed by atoms with Crippen molar-refractivity contribution in [3.05, 3.63) is 101 Å². The zero-order chi connectivity index (χ0) is 21.9. The molecule has 4 aliphatic rings. The monoisotopic (exact) mass is 434 g/mol. The average molecular weight is 435 g/mol. The van der Waals surface area contributed by atoms with Crippen LogP contribution >= 0.6 is 0 Å². The Hall–Kier alpha value is -3.07. The standard InChI is InChI=1S/C30H30N2O/c33-30(32-15-14-19-6-4-5-9-24(19)18-32)23-12-13-26-25(17-23)27-21-10-11-22(16-21)28(27)29(31-26)20-7-2-1-3-8-20/h1-9,12-13,17,21-22,27-29,31H,10-11,14-16,18H2/t21-,22-,27-,28+,29+/m0/s1. The van der Waals surface area contributed by atoms with Gasteiger partial charge >= 0.3 is 0 Å². The molecule has 0 unspecified atom stereocenters. The van der Waals surface area contributed by atoms with Crippen molar-refractivity contribution in [3.63, 3.8) is 0 Å². The third-order valence-electron chi connectivity index (χ3n) is 8.91. The van der Waals surface area contributed by atoms with Crippen LogP contribution in [0, 0.1) is 17.8 Å². The van der Waals surface area contributed by atoms with Crippen LogP contribution in [0.25, 0.3) is 0 Å². The molecule has 2 aliphatic heterocycles. The van der Waals surface area contributed by atoms with Gasteiger partial charge in [-0.2, -0.15) is 0 Å². The Labute approximate surface area is 195 Å². The van der Waals surface area contributed by atoms with E-state index in [-0.39, 0.29) is 5.91 Å². The molecule has 0 saturated heterocycles. The second kappa shape index (κ2) is 7.48. The fourth-order valence-electron chi connectivity index (χ4n) is 7.46. The van der Waals surface area contributed by atoms with Gasteiger partial charge in [0.15, 0.2) is 0 Å². The second-order valence-corrected chi connectivity index (χ2v) is 10.5. The molecule has 1 amide bonds. The molecule has 166 valence electrons. The molecule has 1 N–H and O–H groups in total. The summed E-state index contributed by atoms with van der Waals surface area (Å²) < 4.78 is 0. The van der Waals surface area contributed by atoms with Crippen LogP contribution in [0.4, 0.5) is 5.69 Å². The van der Waals surface area contributed by atoms with Crippen molar-refractivity contribution in [1.82, 2.24) is 4.90 Å². The minimum Gasteiger partial charge on any atom is -0.378 e. The number of rotatable bonds is 2. The number of nitrogens with one attached hydrogen (secondary N) is 1. The molecule has 0 radical (unpaired) electrons. The Morgan fingerprint density at radius 2 is 1.67 bits per heavy atom. The predicted octanol–water partition coefficient (Wildman–Crippen LogP) is 6.18. The van der Waals surface area contributed by atoms with Crippen LogP contribution in [0.3, 0.4) is 0 Å². The normalized spacial score (nSPS) is 29.1. The molecule has 2 bridgehead atoms. The van der Waals surface area contributed by atoms with Crippen LogP contribution in [-0.2, 0) is 13.0 Å². The first-order valence-electron chi connectivity index (χ1n) is 12.6. The lowest BCUT2D eigenvalue weighted by Crippen LogP contribution is -2.37. The van der Waals surface area contributed by atoms with E-state index in [0.717, 1.165) is 36.9 Å². The summed E-state index contributed by atoms with van der Waals surface area (Å²) in [6.45, 7) is 1.52. The van der Waals surface area contributed by atoms with Crippen LogP contribution in [-0.4, -0.2) is 17.4 Å². The van der Waals surface area contributed by atoms with Crippen molar-refractivity contribution >= 4 is 11.6 Å². The van der Waals surface area contributed by atoms with Gasteiger partial charge in [0.25, 0.3) is 5.91 Å². The van der Waals surface area contributed by atoms with Crippen molar-refractivity contribution in [2.75, 3.05) is 11.9 Å². The Kier molecular flexibility index (Phi) is 4.40. The van der Waals surface area contributed by atoms with Crippen molar-refractivity contribution in [2.24, 2.45) is 17.8 Å². The smallest absolute Gasteiger partial charge is 0.254 e. The van der Waals surface area contributed by atoms with E-state index in [9.17, 15) is 4.79 Å². The second-order valence-electron chi connectivity index (χ2n) is 10.5. The number of fused-ring (bicyclic) bond motifs is 8. The number of nitrogens with zero attached hydrogens (tertiary/aromatic N) is 1. The van der Waals surface area contributed by atoms with E-state index in [4.69, 9.17) is 0 Å². The molecule has 33 heavy (non-hydrogen) atoms. The molecule has 3 nitrogen and oxygen atoms in total. The van der Waals surface area contributed by atoms with E-state index in [2.05, 4.69) is 72.0 Å². The predicted molar refractivity (Wildman–Crippen MR) is 131 cm³/mol. The Morgan fingerprint density at radius 3 is 2.55 bits per heavy atom. The molecule has 0 aromatic heterocycles. The van der Waals surface area contributed by atoms with E-state index >= 15 is 0 Å². The highest BCUT2D eigenvalue weighted by molar-refractivity contribution is 5.95. The van der Waals surface area contributed by atoms with Gasteiger partial charge in [-0.1, -0.05) is 54.6 Å². The van der Waals surface area contributed by atoms with Gasteiger partial charge in [-0.25, -0.2) is 0 Å². The molecular weight excluding hydrogens is 404 g/mol. The molecule has 3 aromatic rings. The average Bonchev–Trinajstić information content (AvgIpc) is 3.51. The maximum absolute atomic E-state index is 13.5. The number of carbonyl (C=O) groups is 1. The lowest BCUT2D eigenvalue weighted by Gasteiger charge is -2.43. The van der Waals surface area contributed by atoms with Crippen LogP contribution in [0.15, 0.2) is 72.8 Å². The van der Waals surface area contributed by atoms with Gasteiger partial charge in [0, 0.05) is 24.3 Å². The van der Waals surface area contributed by atoms with Gasteiger partial charge in [-0.15, -0.1) is 0 Å². The van der Waals surface area contributed by atoms with Crippen molar-refractivity contribution < 1.29 is 4.79 Å². The molecule has 0 spiro atoms. The lowest BCUT2D eigenvalue weighted by atomic mass is 9.68. The van der Waals surface area contributed by atoms with E-state index < -0.39 is 0 Å². The SMILES string of the molecule is O=C(c1ccc2c(c1)[C@@H]1[C@H]3CC[C@@H](C3)[C@H]1[C@@H](c1ccccc1)N2)N1CCc2ccccc2C1. The van der Waals surface area contributed by atoms with Crippen molar-refractivity contribution in [3.8, 4) is 0 Å². The number of benzene rings is 3. The third kappa shape index (κ3) is 3.05. The zero-order valence-corrected chi connectivity index (χ0v) is 18.9. The minimum atomic E-state index is 0.178. The van der Waals surface area contributed by atoms with Crippen LogP contribution < -0.4 is 5.32 Å². The first kappa shape index (κ1) is 19.4. The molecule has 3 aromatic carbocycles. The first-order valence-corrected chi connectivity index (χ1v) is 12.6. The van der Waals surface area contributed by atoms with E-state index in [1.807, 2.05) is 11.0 Å². The highest BCUT2D eigenvalue weighted by Crippen LogP contribution is 2.63. The number of amides is 1. The summed E-state index contributed by atoms with van der Waals surface area (Å²) in [6, 6.07) is 26.4. The number of hydrogen-bond acceptors (Lipinski definition) is 2. The fraction of sp³-hybridized carbons (Fsp3) is 0.367. The highest BCUT2D eigenvalue weighted by Gasteiger charge is 2.53. The van der Waals surface area contributed by atoms with E-state index in [0.29, 0.717) is 17.9 Å². The number of hydrogen-bond donors (Lipinski definition) is 1. The molecule has 3 heteroatoms. The highest BCUT2D eigenvalue weighted by atomic mass is 16.2. The van der Waals surface area contributed by atoms with Gasteiger partial charge < -0.3 is 10.2 Å². The topological polar surface area (TPSA) is 32.3 Å². The molecule has 2 fully saturated rings. The van der Waals surface area contributed by atoms with Crippen molar-refractivity contribution in [1.29, 1.82) is 0 Å². The molecule has 2 saturated carbocycles. The summed E-state index contributed by atoms with van der Waals surface area (Å²) in [6.07, 6.45) is 4.99. The van der Waals surface area contributed by atoms with Gasteiger partial charge in [0.05, 0.1) is 6.04 Å². The molecule has 7 rings (SSSR count). The Morgan fingerprint density at radius 1 is 0.879 bits per heavy atom. The lowest BCUT2D eigenvalue weighted by molar-refractivity contribution is 0.0734. The summed E-state index contributed by atoms with van der Waals surface area (Å²) in [7, 11) is 0. The van der Waals surface area contributed by atoms with Gasteiger partial charge in [0.1, 0.15) is 0 Å². The molecule has 5 atom stereocenters. The van der Waals surface area contributed by atoms with Gasteiger partial charge in [-0.05, 0) is 89.8 Å². The van der Waals surface area contributed by atoms with Gasteiger partial charge in [-0.3, -0.25) is 4.79 Å². The Bertz CT molecular complexity index is 1220. The summed E-state index contributed by atoms with van der Waals surface area (Å²) in [5, 5.41) is 3.90.